The van der Waals surface area contributed by atoms with Crippen molar-refractivity contribution >= 4 is 23.3 Å². The fourth-order valence-corrected chi connectivity index (χ4v) is 4.62. The number of H-pyrrole nitrogens is 1. The number of para-hydroxylation sites is 1. The van der Waals surface area contributed by atoms with Crippen LogP contribution in [0.15, 0.2) is 79.0 Å². The summed E-state index contributed by atoms with van der Waals surface area (Å²) in [5, 5.41) is 13.5. The van der Waals surface area contributed by atoms with E-state index in [4.69, 9.17) is 16.3 Å². The van der Waals surface area contributed by atoms with Crippen LogP contribution < -0.4 is 10.1 Å². The molecule has 1 aliphatic heterocycles. The number of rotatable bonds is 9. The van der Waals surface area contributed by atoms with Gasteiger partial charge >= 0.3 is 0 Å². The average molecular weight is 517 g/mol. The zero-order valence-electron chi connectivity index (χ0n) is 20.4. The Morgan fingerprint density at radius 3 is 2.46 bits per heavy atom. The summed E-state index contributed by atoms with van der Waals surface area (Å²) in [6.45, 7) is 6.15. The molecular weight excluding hydrogens is 488 g/mol. The van der Waals surface area contributed by atoms with Crippen LogP contribution >= 0.6 is 11.6 Å². The van der Waals surface area contributed by atoms with Gasteiger partial charge in [-0.3, -0.25) is 14.6 Å². The first-order valence-electron chi connectivity index (χ1n) is 12.3. The molecule has 0 saturated carbocycles. The number of piperazine rings is 1. The molecule has 1 aromatic heterocycles. The number of ether oxygens (including phenoxy) is 1. The summed E-state index contributed by atoms with van der Waals surface area (Å²) in [5.41, 5.74) is 4.23. The van der Waals surface area contributed by atoms with Crippen molar-refractivity contribution in [2.45, 2.75) is 6.54 Å². The maximum Gasteiger partial charge on any atom is 0.260 e. The molecule has 37 heavy (non-hydrogen) atoms. The second-order valence-electron chi connectivity index (χ2n) is 8.94. The van der Waals surface area contributed by atoms with Crippen molar-refractivity contribution in [1.82, 2.24) is 25.2 Å². The van der Waals surface area contributed by atoms with Crippen LogP contribution in [0.25, 0.3) is 11.1 Å². The van der Waals surface area contributed by atoms with Crippen molar-refractivity contribution in [1.29, 1.82) is 0 Å². The SMILES string of the molecule is O=C(Nc1cn[nH]n1)c1ccccc1OCCN1CCN(Cc2ccccc2-c2ccc(Cl)cc2)CC1. The van der Waals surface area contributed by atoms with Gasteiger partial charge in [-0.25, -0.2) is 0 Å². The van der Waals surface area contributed by atoms with Crippen LogP contribution in [0.5, 0.6) is 5.75 Å². The minimum absolute atomic E-state index is 0.281. The Hall–Kier alpha value is -3.72. The summed E-state index contributed by atoms with van der Waals surface area (Å²) in [5.74, 6) is 0.645. The van der Waals surface area contributed by atoms with Gasteiger partial charge in [-0.2, -0.15) is 10.3 Å². The Morgan fingerprint density at radius 2 is 1.68 bits per heavy atom. The fourth-order valence-electron chi connectivity index (χ4n) is 4.49. The summed E-state index contributed by atoms with van der Waals surface area (Å²) in [6, 6.07) is 23.8. The van der Waals surface area contributed by atoms with E-state index in [-0.39, 0.29) is 5.91 Å². The Kier molecular flexibility index (Phi) is 8.10. The molecule has 5 rings (SSSR count). The van der Waals surface area contributed by atoms with Gasteiger partial charge in [-0.05, 0) is 41.0 Å². The zero-order chi connectivity index (χ0) is 25.5. The molecule has 2 N–H and O–H groups in total. The molecule has 8 nitrogen and oxygen atoms in total. The first-order chi connectivity index (χ1) is 18.2. The van der Waals surface area contributed by atoms with Crippen molar-refractivity contribution in [3.05, 3.63) is 95.1 Å². The molecule has 1 aliphatic rings. The Labute approximate surface area is 221 Å². The molecule has 0 radical (unpaired) electrons. The molecule has 0 bridgehead atoms. The molecule has 0 aliphatic carbocycles. The second kappa shape index (κ2) is 12.0. The van der Waals surface area contributed by atoms with Gasteiger partial charge in [0.25, 0.3) is 5.91 Å². The van der Waals surface area contributed by atoms with Crippen LogP contribution in [-0.4, -0.2) is 70.4 Å². The molecule has 0 atom stereocenters. The molecule has 4 aromatic rings. The van der Waals surface area contributed by atoms with Crippen LogP contribution in [0.1, 0.15) is 15.9 Å². The van der Waals surface area contributed by atoms with Crippen LogP contribution in [0.2, 0.25) is 5.02 Å². The normalized spacial score (nSPS) is 14.4. The lowest BCUT2D eigenvalue weighted by molar-refractivity contribution is 0.101. The van der Waals surface area contributed by atoms with Crippen molar-refractivity contribution in [3.8, 4) is 16.9 Å². The lowest BCUT2D eigenvalue weighted by Crippen LogP contribution is -2.47. The lowest BCUT2D eigenvalue weighted by atomic mass is 9.99. The van der Waals surface area contributed by atoms with E-state index < -0.39 is 0 Å². The molecule has 3 aromatic carbocycles. The topological polar surface area (TPSA) is 86.4 Å². The van der Waals surface area contributed by atoms with Gasteiger partial charge in [0.2, 0.25) is 0 Å². The van der Waals surface area contributed by atoms with Gasteiger partial charge in [-0.15, -0.1) is 5.10 Å². The van der Waals surface area contributed by atoms with Gasteiger partial charge in [0.15, 0.2) is 5.82 Å². The first kappa shape index (κ1) is 25.0. The van der Waals surface area contributed by atoms with Crippen LogP contribution in [-0.2, 0) is 6.54 Å². The summed E-state index contributed by atoms with van der Waals surface area (Å²) >= 11 is 6.08. The largest absolute Gasteiger partial charge is 0.491 e. The minimum Gasteiger partial charge on any atom is -0.491 e. The number of halogens is 1. The van der Waals surface area contributed by atoms with Crippen molar-refractivity contribution in [2.75, 3.05) is 44.6 Å². The third-order valence-corrected chi connectivity index (χ3v) is 6.74. The number of anilines is 1. The van der Waals surface area contributed by atoms with E-state index in [0.29, 0.717) is 23.7 Å². The number of carbonyl (C=O) groups excluding carboxylic acids is 1. The molecule has 2 heterocycles. The van der Waals surface area contributed by atoms with E-state index >= 15 is 0 Å². The molecular formula is C28H29ClN6O2. The van der Waals surface area contributed by atoms with Gasteiger partial charge < -0.3 is 10.1 Å². The van der Waals surface area contributed by atoms with Crippen LogP contribution in [0.4, 0.5) is 5.82 Å². The Morgan fingerprint density at radius 1 is 0.946 bits per heavy atom. The number of benzene rings is 3. The van der Waals surface area contributed by atoms with E-state index in [9.17, 15) is 4.79 Å². The summed E-state index contributed by atoms with van der Waals surface area (Å²) in [4.78, 5) is 17.5. The molecule has 9 heteroatoms. The predicted octanol–water partition coefficient (Wildman–Crippen LogP) is 4.57. The number of hydrogen-bond acceptors (Lipinski definition) is 6. The summed E-state index contributed by atoms with van der Waals surface area (Å²) in [6.07, 6.45) is 1.46. The number of hydrogen-bond donors (Lipinski definition) is 2. The van der Waals surface area contributed by atoms with E-state index in [1.165, 1.54) is 22.9 Å². The smallest absolute Gasteiger partial charge is 0.260 e. The minimum atomic E-state index is -0.281. The molecule has 1 saturated heterocycles. The monoisotopic (exact) mass is 516 g/mol. The lowest BCUT2D eigenvalue weighted by Gasteiger charge is -2.35. The van der Waals surface area contributed by atoms with Gasteiger partial charge in [0.1, 0.15) is 12.4 Å². The van der Waals surface area contributed by atoms with Crippen LogP contribution in [0.3, 0.4) is 0 Å². The van der Waals surface area contributed by atoms with Gasteiger partial charge in [-0.1, -0.05) is 60.1 Å². The average Bonchev–Trinajstić information content (AvgIpc) is 3.44. The van der Waals surface area contributed by atoms with Crippen molar-refractivity contribution in [2.24, 2.45) is 0 Å². The highest BCUT2D eigenvalue weighted by molar-refractivity contribution is 6.30. The Balaban J connectivity index is 1.11. The Bertz CT molecular complexity index is 1300. The first-order valence-corrected chi connectivity index (χ1v) is 12.7. The van der Waals surface area contributed by atoms with Crippen molar-refractivity contribution < 1.29 is 9.53 Å². The number of aromatic nitrogens is 3. The quantitative estimate of drug-likeness (QED) is 0.339. The molecule has 0 unspecified atom stereocenters. The third-order valence-electron chi connectivity index (χ3n) is 6.48. The van der Waals surface area contributed by atoms with E-state index in [2.05, 4.69) is 66.9 Å². The number of aromatic amines is 1. The number of nitrogens with one attached hydrogen (secondary N) is 2. The highest BCUT2D eigenvalue weighted by atomic mass is 35.5. The van der Waals surface area contributed by atoms with Crippen molar-refractivity contribution in [3.63, 3.8) is 0 Å². The molecule has 190 valence electrons. The molecule has 0 spiro atoms. The molecule has 1 amide bonds. The summed E-state index contributed by atoms with van der Waals surface area (Å²) < 4.78 is 6.01. The van der Waals surface area contributed by atoms with Crippen LogP contribution in [0, 0.1) is 0 Å². The molecule has 1 fully saturated rings. The van der Waals surface area contributed by atoms with E-state index in [0.717, 1.165) is 44.3 Å². The number of carbonyl (C=O) groups is 1. The maximum atomic E-state index is 12.6. The van der Waals surface area contributed by atoms with E-state index in [1.54, 1.807) is 6.07 Å². The zero-order valence-corrected chi connectivity index (χ0v) is 21.2. The highest BCUT2D eigenvalue weighted by Gasteiger charge is 2.19. The maximum absolute atomic E-state index is 12.6. The van der Waals surface area contributed by atoms with Gasteiger partial charge in [0.05, 0.1) is 11.8 Å². The second-order valence-corrected chi connectivity index (χ2v) is 9.37. The van der Waals surface area contributed by atoms with E-state index in [1.807, 2.05) is 30.3 Å². The summed E-state index contributed by atoms with van der Waals surface area (Å²) in [7, 11) is 0. The van der Waals surface area contributed by atoms with Gasteiger partial charge in [0, 0.05) is 44.3 Å². The number of nitrogens with zero attached hydrogens (tertiary/aromatic N) is 4. The fraction of sp³-hybridized carbons (Fsp3) is 0.250. The third kappa shape index (κ3) is 6.54. The highest BCUT2D eigenvalue weighted by Crippen LogP contribution is 2.26. The predicted molar refractivity (Wildman–Crippen MR) is 145 cm³/mol. The standard InChI is InChI=1S/C28H29ClN6O2/c29-23-11-9-21(10-12-23)24-6-2-1-5-22(24)20-35-15-13-34(14-16-35)17-18-37-26-8-4-3-7-25(26)28(36)31-27-19-30-33-32-27/h1-12,19H,13-18,20H2,(H2,30,31,32,33,36). The number of amides is 1.